The molecule has 1 saturated heterocycles. The summed E-state index contributed by atoms with van der Waals surface area (Å²) in [6.45, 7) is 1.71. The fraction of sp³-hybridized carbons (Fsp3) is 0.286. The maximum absolute atomic E-state index is 12.4. The van der Waals surface area contributed by atoms with Crippen LogP contribution in [0.2, 0.25) is 0 Å². The van der Waals surface area contributed by atoms with E-state index >= 15 is 0 Å². The van der Waals surface area contributed by atoms with Gasteiger partial charge in [0.1, 0.15) is 23.8 Å². The molecule has 2 aromatic carbocycles. The van der Waals surface area contributed by atoms with E-state index in [1.807, 2.05) is 76.4 Å². The zero-order valence-corrected chi connectivity index (χ0v) is 15.5. The number of hydrogen-bond acceptors (Lipinski definition) is 5. The summed E-state index contributed by atoms with van der Waals surface area (Å²) < 4.78 is 13.1. The normalized spacial score (nSPS) is 16.1. The summed E-state index contributed by atoms with van der Waals surface area (Å²) >= 11 is 0. The number of amides is 1. The molecule has 1 fully saturated rings. The van der Waals surface area contributed by atoms with Crippen LogP contribution in [-0.4, -0.2) is 45.5 Å². The number of carbonyl (C=O) groups is 1. The Balaban J connectivity index is 1.27. The van der Waals surface area contributed by atoms with Crippen LogP contribution in [0.1, 0.15) is 18.2 Å². The minimum absolute atomic E-state index is 0.0147. The highest BCUT2D eigenvalue weighted by molar-refractivity contribution is 5.78. The molecule has 1 aromatic heterocycles. The fourth-order valence-corrected chi connectivity index (χ4v) is 3.17. The Hall–Kier alpha value is -3.35. The van der Waals surface area contributed by atoms with Crippen LogP contribution in [-0.2, 0) is 11.4 Å². The topological polar surface area (TPSA) is 69.5 Å². The molecule has 0 saturated carbocycles. The summed E-state index contributed by atoms with van der Waals surface area (Å²) in [6.07, 6.45) is 2.74. The van der Waals surface area contributed by atoms with Crippen LogP contribution >= 0.6 is 0 Å². The second-order valence-corrected chi connectivity index (χ2v) is 6.68. The van der Waals surface area contributed by atoms with Crippen LogP contribution < -0.4 is 9.47 Å². The Morgan fingerprint density at radius 1 is 1.00 bits per heavy atom. The summed E-state index contributed by atoms with van der Waals surface area (Å²) in [4.78, 5) is 14.2. The van der Waals surface area contributed by atoms with Gasteiger partial charge < -0.3 is 14.4 Å². The predicted octanol–water partition coefficient (Wildman–Crippen LogP) is 2.71. The Morgan fingerprint density at radius 3 is 2.39 bits per heavy atom. The smallest absolute Gasteiger partial charge is 0.260 e. The zero-order chi connectivity index (χ0) is 19.2. The molecule has 4 rings (SSSR count). The SMILES string of the molecule is O=C(COc1ccccc1)N1CCC(n2cc(COc3ccccc3)nn2)C1. The highest BCUT2D eigenvalue weighted by Crippen LogP contribution is 2.21. The molecule has 0 radical (unpaired) electrons. The van der Waals surface area contributed by atoms with E-state index in [9.17, 15) is 4.79 Å². The molecule has 28 heavy (non-hydrogen) atoms. The minimum Gasteiger partial charge on any atom is -0.487 e. The van der Waals surface area contributed by atoms with Crippen molar-refractivity contribution in [2.45, 2.75) is 19.1 Å². The van der Waals surface area contributed by atoms with Crippen LogP contribution in [0.5, 0.6) is 11.5 Å². The minimum atomic E-state index is -0.0147. The third-order valence-electron chi connectivity index (χ3n) is 4.68. The molecule has 7 nitrogen and oxygen atoms in total. The number of nitrogens with zero attached hydrogens (tertiary/aromatic N) is 4. The molecular formula is C21H22N4O3. The molecule has 1 aliphatic rings. The molecule has 144 valence electrons. The van der Waals surface area contributed by atoms with Crippen molar-refractivity contribution >= 4 is 5.91 Å². The first-order valence-electron chi connectivity index (χ1n) is 9.32. The van der Waals surface area contributed by atoms with Crippen LogP contribution in [0.15, 0.2) is 66.9 Å². The Kier molecular flexibility index (Phi) is 5.51. The summed E-state index contributed by atoms with van der Waals surface area (Å²) in [5, 5.41) is 8.40. The van der Waals surface area contributed by atoms with E-state index in [0.29, 0.717) is 25.4 Å². The lowest BCUT2D eigenvalue weighted by molar-refractivity contribution is -0.132. The third-order valence-corrected chi connectivity index (χ3v) is 4.68. The Labute approximate surface area is 163 Å². The lowest BCUT2D eigenvalue weighted by Gasteiger charge is -2.16. The van der Waals surface area contributed by atoms with Gasteiger partial charge in [0.2, 0.25) is 0 Å². The van der Waals surface area contributed by atoms with Gasteiger partial charge in [-0.1, -0.05) is 41.6 Å². The van der Waals surface area contributed by atoms with Crippen molar-refractivity contribution in [1.29, 1.82) is 0 Å². The number of rotatable bonds is 7. The van der Waals surface area contributed by atoms with Gasteiger partial charge in [-0.3, -0.25) is 4.79 Å². The monoisotopic (exact) mass is 378 g/mol. The highest BCUT2D eigenvalue weighted by Gasteiger charge is 2.28. The Morgan fingerprint density at radius 2 is 1.68 bits per heavy atom. The van der Waals surface area contributed by atoms with Crippen molar-refractivity contribution in [1.82, 2.24) is 19.9 Å². The average Bonchev–Trinajstić information content (AvgIpc) is 3.42. The lowest BCUT2D eigenvalue weighted by atomic mass is 10.3. The van der Waals surface area contributed by atoms with Crippen LogP contribution in [0.3, 0.4) is 0 Å². The van der Waals surface area contributed by atoms with Gasteiger partial charge in [-0.2, -0.15) is 0 Å². The number of carbonyl (C=O) groups excluding carboxylic acids is 1. The number of para-hydroxylation sites is 2. The van der Waals surface area contributed by atoms with Gasteiger partial charge in [0.05, 0.1) is 12.2 Å². The largest absolute Gasteiger partial charge is 0.487 e. The number of benzene rings is 2. The zero-order valence-electron chi connectivity index (χ0n) is 15.5. The van der Waals surface area contributed by atoms with Gasteiger partial charge in [0, 0.05) is 13.1 Å². The van der Waals surface area contributed by atoms with Crippen molar-refractivity contribution in [3.63, 3.8) is 0 Å². The molecule has 1 unspecified atom stereocenters. The molecular weight excluding hydrogens is 356 g/mol. The average molecular weight is 378 g/mol. The summed E-state index contributed by atoms with van der Waals surface area (Å²) in [7, 11) is 0. The highest BCUT2D eigenvalue weighted by atomic mass is 16.5. The quantitative estimate of drug-likeness (QED) is 0.632. The first kappa shape index (κ1) is 18.0. The van der Waals surface area contributed by atoms with Gasteiger partial charge in [-0.05, 0) is 30.7 Å². The summed E-state index contributed by atoms with van der Waals surface area (Å²) in [5.41, 5.74) is 0.765. The third kappa shape index (κ3) is 4.49. The van der Waals surface area contributed by atoms with Crippen molar-refractivity contribution in [2.24, 2.45) is 0 Å². The fourth-order valence-electron chi connectivity index (χ4n) is 3.17. The lowest BCUT2D eigenvalue weighted by Crippen LogP contribution is -2.33. The molecule has 0 bridgehead atoms. The number of aromatic nitrogens is 3. The molecule has 3 aromatic rings. The van der Waals surface area contributed by atoms with Gasteiger partial charge in [-0.25, -0.2) is 4.68 Å². The van der Waals surface area contributed by atoms with Gasteiger partial charge >= 0.3 is 0 Å². The molecule has 2 heterocycles. The molecule has 1 atom stereocenters. The van der Waals surface area contributed by atoms with E-state index in [-0.39, 0.29) is 18.6 Å². The predicted molar refractivity (Wildman–Crippen MR) is 103 cm³/mol. The maximum Gasteiger partial charge on any atom is 0.260 e. The number of hydrogen-bond donors (Lipinski definition) is 0. The first-order chi connectivity index (χ1) is 13.8. The van der Waals surface area contributed by atoms with E-state index < -0.39 is 0 Å². The summed E-state index contributed by atoms with van der Waals surface area (Å²) in [6, 6.07) is 19.1. The first-order valence-corrected chi connectivity index (χ1v) is 9.32. The number of ether oxygens (including phenoxy) is 2. The van der Waals surface area contributed by atoms with E-state index in [0.717, 1.165) is 17.9 Å². The van der Waals surface area contributed by atoms with Crippen LogP contribution in [0.25, 0.3) is 0 Å². The molecule has 1 amide bonds. The van der Waals surface area contributed by atoms with E-state index in [1.54, 1.807) is 0 Å². The Bertz CT molecular complexity index is 898. The summed E-state index contributed by atoms with van der Waals surface area (Å²) in [5.74, 6) is 1.48. The van der Waals surface area contributed by atoms with Gasteiger partial charge in [-0.15, -0.1) is 5.10 Å². The van der Waals surface area contributed by atoms with E-state index in [4.69, 9.17) is 9.47 Å². The van der Waals surface area contributed by atoms with Crippen molar-refractivity contribution < 1.29 is 14.3 Å². The molecule has 0 spiro atoms. The molecule has 7 heteroatoms. The van der Waals surface area contributed by atoms with Crippen molar-refractivity contribution in [2.75, 3.05) is 19.7 Å². The van der Waals surface area contributed by atoms with E-state index in [2.05, 4.69) is 10.3 Å². The molecule has 1 aliphatic heterocycles. The second kappa shape index (κ2) is 8.56. The van der Waals surface area contributed by atoms with Gasteiger partial charge in [0.25, 0.3) is 5.91 Å². The number of likely N-dealkylation sites (tertiary alicyclic amines) is 1. The molecule has 0 aliphatic carbocycles. The van der Waals surface area contributed by atoms with Crippen molar-refractivity contribution in [3.8, 4) is 11.5 Å². The van der Waals surface area contributed by atoms with Crippen LogP contribution in [0.4, 0.5) is 0 Å². The second-order valence-electron chi connectivity index (χ2n) is 6.68. The van der Waals surface area contributed by atoms with E-state index in [1.165, 1.54) is 0 Å². The van der Waals surface area contributed by atoms with Gasteiger partial charge in [0.15, 0.2) is 6.61 Å². The van der Waals surface area contributed by atoms with Crippen molar-refractivity contribution in [3.05, 3.63) is 72.6 Å². The molecule has 0 N–H and O–H groups in total. The maximum atomic E-state index is 12.4. The standard InChI is InChI=1S/C21H22N4O3/c26-21(16-28-20-9-5-2-6-10-20)24-12-11-18(14-24)25-13-17(22-23-25)15-27-19-7-3-1-4-8-19/h1-10,13,18H,11-12,14-16H2. The van der Waals surface area contributed by atoms with Crippen LogP contribution in [0, 0.1) is 0 Å².